The number of carbonyl (C=O) groups is 1. The summed E-state index contributed by atoms with van der Waals surface area (Å²) < 4.78 is 2.08. The normalized spacial score (nSPS) is 11.3. The van der Waals surface area contributed by atoms with Gasteiger partial charge in [-0.3, -0.25) is 9.36 Å². The minimum atomic E-state index is -0.176. The topological polar surface area (TPSA) is 72.2 Å². The number of carbonyl (C=O) groups excluding carboxylic acids is 1. The van der Waals surface area contributed by atoms with Crippen LogP contribution in [0.15, 0.2) is 28.1 Å². The third-order valence-electron chi connectivity index (χ3n) is 3.48. The first-order valence-corrected chi connectivity index (χ1v) is 9.12. The van der Waals surface area contributed by atoms with Gasteiger partial charge in [-0.2, -0.15) is 5.10 Å². The Bertz CT molecular complexity index is 877. The zero-order valence-corrected chi connectivity index (χ0v) is 15.2. The second-order valence-electron chi connectivity index (χ2n) is 5.30. The van der Waals surface area contributed by atoms with E-state index in [0.29, 0.717) is 0 Å². The van der Waals surface area contributed by atoms with Crippen molar-refractivity contribution in [2.24, 2.45) is 5.10 Å². The van der Waals surface area contributed by atoms with Gasteiger partial charge in [-0.05, 0) is 26.8 Å². The highest BCUT2D eigenvalue weighted by molar-refractivity contribution is 7.12. The van der Waals surface area contributed by atoms with Crippen molar-refractivity contribution in [3.63, 3.8) is 0 Å². The van der Waals surface area contributed by atoms with Crippen molar-refractivity contribution in [3.05, 3.63) is 50.7 Å². The average Bonchev–Trinajstić information content (AvgIpc) is 3.23. The summed E-state index contributed by atoms with van der Waals surface area (Å²) in [5.41, 5.74) is 6.39. The predicted octanol–water partition coefficient (Wildman–Crippen LogP) is 3.01. The lowest BCUT2D eigenvalue weighted by Gasteiger charge is -2.04. The minimum Gasteiger partial charge on any atom is -0.294 e. The van der Waals surface area contributed by atoms with Crippen LogP contribution in [0.3, 0.4) is 0 Å². The summed E-state index contributed by atoms with van der Waals surface area (Å²) in [6, 6.07) is 2.02. The summed E-state index contributed by atoms with van der Waals surface area (Å²) in [6.45, 7) is 5.95. The van der Waals surface area contributed by atoms with E-state index in [2.05, 4.69) is 25.1 Å². The standard InChI is InChI=1S/C16H17N5OS2/c1-10-6-13(11(2)21(10)16-17-4-5-23-16)8-18-20-15(22)7-14-9-24-12(3)19-14/h4-6,8-9H,7H2,1-3H3,(H,20,22)/b18-8-. The molecule has 3 rings (SSSR count). The van der Waals surface area contributed by atoms with Gasteiger partial charge in [0, 0.05) is 33.9 Å². The third-order valence-corrected chi connectivity index (χ3v) is 5.06. The highest BCUT2D eigenvalue weighted by Gasteiger charge is 2.11. The number of nitrogens with zero attached hydrogens (tertiary/aromatic N) is 4. The van der Waals surface area contributed by atoms with Gasteiger partial charge in [0.15, 0.2) is 5.13 Å². The Balaban J connectivity index is 1.67. The molecule has 0 bridgehead atoms. The van der Waals surface area contributed by atoms with Crippen LogP contribution in [-0.4, -0.2) is 26.7 Å². The van der Waals surface area contributed by atoms with E-state index in [1.54, 1.807) is 23.7 Å². The zero-order chi connectivity index (χ0) is 17.1. The Kier molecular flexibility index (Phi) is 4.86. The second kappa shape index (κ2) is 7.06. The van der Waals surface area contributed by atoms with Crippen LogP contribution in [0, 0.1) is 20.8 Å². The molecule has 3 aromatic rings. The van der Waals surface area contributed by atoms with Crippen LogP contribution in [-0.2, 0) is 11.2 Å². The van der Waals surface area contributed by atoms with Gasteiger partial charge in [0.05, 0.1) is 23.3 Å². The maximum Gasteiger partial charge on any atom is 0.246 e. The van der Waals surface area contributed by atoms with E-state index in [9.17, 15) is 4.79 Å². The van der Waals surface area contributed by atoms with Gasteiger partial charge >= 0.3 is 0 Å². The van der Waals surface area contributed by atoms with Gasteiger partial charge in [-0.25, -0.2) is 15.4 Å². The van der Waals surface area contributed by atoms with Gasteiger partial charge in [-0.15, -0.1) is 22.7 Å². The number of aryl methyl sites for hydroxylation is 2. The molecule has 0 saturated heterocycles. The Morgan fingerprint density at radius 3 is 2.88 bits per heavy atom. The maximum absolute atomic E-state index is 11.9. The molecule has 6 nitrogen and oxygen atoms in total. The van der Waals surface area contributed by atoms with E-state index in [-0.39, 0.29) is 12.3 Å². The van der Waals surface area contributed by atoms with E-state index < -0.39 is 0 Å². The quantitative estimate of drug-likeness (QED) is 0.562. The number of hydrogen-bond donors (Lipinski definition) is 1. The van der Waals surface area contributed by atoms with Crippen molar-refractivity contribution < 1.29 is 4.79 Å². The molecule has 3 heterocycles. The Morgan fingerprint density at radius 2 is 2.21 bits per heavy atom. The maximum atomic E-state index is 11.9. The summed E-state index contributed by atoms with van der Waals surface area (Å²) in [5, 5.41) is 9.78. The molecule has 0 radical (unpaired) electrons. The SMILES string of the molecule is Cc1nc(CC(=O)N/N=C\c2cc(C)n(-c3nccs3)c2C)cs1. The van der Waals surface area contributed by atoms with Gasteiger partial charge in [0.2, 0.25) is 5.91 Å². The van der Waals surface area contributed by atoms with E-state index in [4.69, 9.17) is 0 Å². The Morgan fingerprint density at radius 1 is 1.38 bits per heavy atom. The molecular formula is C16H17N5OS2. The van der Waals surface area contributed by atoms with Gasteiger partial charge in [-0.1, -0.05) is 0 Å². The van der Waals surface area contributed by atoms with Crippen molar-refractivity contribution in [2.45, 2.75) is 27.2 Å². The molecule has 0 fully saturated rings. The Hall–Kier alpha value is -2.32. The fourth-order valence-electron chi connectivity index (χ4n) is 2.41. The van der Waals surface area contributed by atoms with Crippen LogP contribution in [0.25, 0.3) is 5.13 Å². The smallest absolute Gasteiger partial charge is 0.246 e. The van der Waals surface area contributed by atoms with Crippen molar-refractivity contribution >= 4 is 34.8 Å². The molecule has 24 heavy (non-hydrogen) atoms. The molecule has 1 N–H and O–H groups in total. The molecule has 0 aliphatic carbocycles. The molecule has 3 aromatic heterocycles. The molecule has 0 spiro atoms. The molecule has 0 unspecified atom stereocenters. The lowest BCUT2D eigenvalue weighted by Crippen LogP contribution is -2.20. The number of hydrogen-bond acceptors (Lipinski definition) is 6. The van der Waals surface area contributed by atoms with Gasteiger partial charge in [0.1, 0.15) is 0 Å². The fraction of sp³-hybridized carbons (Fsp3) is 0.250. The van der Waals surface area contributed by atoms with E-state index in [1.165, 1.54) is 11.3 Å². The number of nitrogens with one attached hydrogen (secondary N) is 1. The third kappa shape index (κ3) is 3.60. The fourth-order valence-corrected chi connectivity index (χ4v) is 3.77. The highest BCUT2D eigenvalue weighted by Crippen LogP contribution is 2.21. The minimum absolute atomic E-state index is 0.176. The molecule has 0 aromatic carbocycles. The highest BCUT2D eigenvalue weighted by atomic mass is 32.1. The average molecular weight is 359 g/mol. The van der Waals surface area contributed by atoms with E-state index >= 15 is 0 Å². The number of hydrazone groups is 1. The molecule has 0 aliphatic heterocycles. The van der Waals surface area contributed by atoms with Crippen molar-refractivity contribution in [1.82, 2.24) is 20.0 Å². The van der Waals surface area contributed by atoms with Gasteiger partial charge < -0.3 is 0 Å². The number of thiazole rings is 2. The summed E-state index contributed by atoms with van der Waals surface area (Å²) in [7, 11) is 0. The molecule has 8 heteroatoms. The summed E-state index contributed by atoms with van der Waals surface area (Å²) in [4.78, 5) is 20.5. The van der Waals surface area contributed by atoms with Crippen LogP contribution in [0.1, 0.15) is 27.7 Å². The van der Waals surface area contributed by atoms with Crippen LogP contribution >= 0.6 is 22.7 Å². The second-order valence-corrected chi connectivity index (χ2v) is 7.24. The lowest BCUT2D eigenvalue weighted by molar-refractivity contribution is -0.120. The lowest BCUT2D eigenvalue weighted by atomic mass is 10.3. The number of amides is 1. The first-order chi connectivity index (χ1) is 11.5. The zero-order valence-electron chi connectivity index (χ0n) is 13.6. The largest absolute Gasteiger partial charge is 0.294 e. The molecule has 0 atom stereocenters. The summed E-state index contributed by atoms with van der Waals surface area (Å²) in [6.07, 6.45) is 3.68. The molecule has 0 aliphatic rings. The molecule has 124 valence electrons. The number of rotatable bonds is 5. The van der Waals surface area contributed by atoms with Gasteiger partial charge in [0.25, 0.3) is 0 Å². The first kappa shape index (κ1) is 16.5. The van der Waals surface area contributed by atoms with Crippen molar-refractivity contribution in [1.29, 1.82) is 0 Å². The summed E-state index contributed by atoms with van der Waals surface area (Å²) in [5.74, 6) is -0.176. The molecular weight excluding hydrogens is 342 g/mol. The van der Waals surface area contributed by atoms with Crippen LogP contribution in [0.4, 0.5) is 0 Å². The monoisotopic (exact) mass is 359 g/mol. The Labute approximate surface area is 147 Å². The summed E-state index contributed by atoms with van der Waals surface area (Å²) >= 11 is 3.12. The number of aromatic nitrogens is 3. The van der Waals surface area contributed by atoms with E-state index in [0.717, 1.165) is 32.8 Å². The van der Waals surface area contributed by atoms with Crippen LogP contribution < -0.4 is 5.43 Å². The molecule has 0 saturated carbocycles. The molecule has 1 amide bonds. The van der Waals surface area contributed by atoms with Crippen molar-refractivity contribution in [2.75, 3.05) is 0 Å². The van der Waals surface area contributed by atoms with E-state index in [1.807, 2.05) is 37.6 Å². The predicted molar refractivity (Wildman–Crippen MR) is 97.2 cm³/mol. The van der Waals surface area contributed by atoms with Crippen LogP contribution in [0.2, 0.25) is 0 Å². The first-order valence-electron chi connectivity index (χ1n) is 7.36. The van der Waals surface area contributed by atoms with Crippen molar-refractivity contribution in [3.8, 4) is 5.13 Å². The van der Waals surface area contributed by atoms with Crippen LogP contribution in [0.5, 0.6) is 0 Å².